The molecule has 0 radical (unpaired) electrons. The Kier molecular flexibility index (Phi) is 3.41. The summed E-state index contributed by atoms with van der Waals surface area (Å²) >= 11 is 0. The van der Waals surface area contributed by atoms with Crippen LogP contribution >= 0.6 is 0 Å². The molecule has 25 heavy (non-hydrogen) atoms. The van der Waals surface area contributed by atoms with Crippen LogP contribution in [0.5, 0.6) is 5.75 Å². The summed E-state index contributed by atoms with van der Waals surface area (Å²) in [5.74, 6) is 0.498. The van der Waals surface area contributed by atoms with Gasteiger partial charge in [-0.3, -0.25) is 0 Å². The summed E-state index contributed by atoms with van der Waals surface area (Å²) in [4.78, 5) is 17.1. The molecule has 3 aliphatic heterocycles. The van der Waals surface area contributed by atoms with Crippen molar-refractivity contribution >= 4 is 28.0 Å². The number of hydrogen-bond acceptors (Lipinski definition) is 4. The number of amides is 1. The molecule has 2 aromatic carbocycles. The molecular formula is C20H20N2O3. The van der Waals surface area contributed by atoms with Crippen LogP contribution in [0.2, 0.25) is 0 Å². The molecule has 3 aliphatic rings. The maximum absolute atomic E-state index is 12.8. The number of rotatable bonds is 1. The highest BCUT2D eigenvalue weighted by atomic mass is 16.6. The quantitative estimate of drug-likeness (QED) is 0.677. The van der Waals surface area contributed by atoms with Gasteiger partial charge in [-0.2, -0.15) is 0 Å². The molecule has 5 heteroatoms. The van der Waals surface area contributed by atoms with Crippen LogP contribution in [0.25, 0.3) is 21.9 Å². The van der Waals surface area contributed by atoms with Crippen LogP contribution in [0.15, 0.2) is 46.9 Å². The molecular weight excluding hydrogens is 316 g/mol. The third kappa shape index (κ3) is 2.46. The van der Waals surface area contributed by atoms with Gasteiger partial charge in [-0.25, -0.2) is 4.79 Å². The van der Waals surface area contributed by atoms with E-state index in [1.54, 1.807) is 6.07 Å². The first kappa shape index (κ1) is 14.8. The number of para-hydroxylation sites is 2. The van der Waals surface area contributed by atoms with Gasteiger partial charge in [0.15, 0.2) is 11.3 Å². The van der Waals surface area contributed by atoms with Gasteiger partial charge in [0, 0.05) is 43.0 Å². The van der Waals surface area contributed by atoms with Crippen molar-refractivity contribution in [2.24, 2.45) is 0 Å². The van der Waals surface area contributed by atoms with Gasteiger partial charge in [-0.05, 0) is 25.0 Å². The van der Waals surface area contributed by atoms with E-state index in [9.17, 15) is 4.79 Å². The number of fused-ring (bicyclic) bond motifs is 7. The number of ether oxygens (including phenoxy) is 1. The van der Waals surface area contributed by atoms with E-state index in [0.29, 0.717) is 17.4 Å². The SMILES string of the molecule is O=C(Oc1cccc2c1oc1ccccc12)N1CCN2CCC1CC2. The van der Waals surface area contributed by atoms with E-state index in [0.717, 1.165) is 55.4 Å². The van der Waals surface area contributed by atoms with Crippen LogP contribution in [0, 0.1) is 0 Å². The molecule has 0 unspecified atom stereocenters. The van der Waals surface area contributed by atoms with E-state index < -0.39 is 0 Å². The van der Waals surface area contributed by atoms with Gasteiger partial charge in [0.2, 0.25) is 0 Å². The van der Waals surface area contributed by atoms with Crippen molar-refractivity contribution in [1.29, 1.82) is 0 Å². The molecule has 6 rings (SSSR count). The monoisotopic (exact) mass is 336 g/mol. The Bertz CT molecular complexity index is 940. The van der Waals surface area contributed by atoms with Gasteiger partial charge in [0.25, 0.3) is 0 Å². The number of hydrogen-bond donors (Lipinski definition) is 0. The standard InChI is InChI=1S/C20H20N2O3/c23-20(22-13-12-21-10-8-14(22)9-11-21)25-18-7-3-5-16-15-4-1-2-6-17(15)24-19(16)18/h1-7,14H,8-13H2. The van der Waals surface area contributed by atoms with Gasteiger partial charge < -0.3 is 19.0 Å². The topological polar surface area (TPSA) is 45.9 Å². The van der Waals surface area contributed by atoms with Crippen LogP contribution in [0.4, 0.5) is 4.79 Å². The number of benzene rings is 2. The first-order valence-electron chi connectivity index (χ1n) is 8.91. The highest BCUT2D eigenvalue weighted by Gasteiger charge is 2.33. The van der Waals surface area contributed by atoms with E-state index in [1.807, 2.05) is 41.3 Å². The largest absolute Gasteiger partial charge is 0.452 e. The second kappa shape index (κ2) is 5.77. The molecule has 0 saturated carbocycles. The molecule has 3 fully saturated rings. The third-order valence-corrected chi connectivity index (χ3v) is 5.45. The number of piperidine rings is 1. The predicted octanol–water partition coefficient (Wildman–Crippen LogP) is 3.86. The van der Waals surface area contributed by atoms with Crippen molar-refractivity contribution in [2.45, 2.75) is 18.9 Å². The van der Waals surface area contributed by atoms with Crippen LogP contribution in [0.1, 0.15) is 12.8 Å². The lowest BCUT2D eigenvalue weighted by atomic mass is 10.1. The average molecular weight is 336 g/mol. The zero-order valence-electron chi connectivity index (χ0n) is 14.0. The molecule has 2 bridgehead atoms. The molecule has 0 spiro atoms. The summed E-state index contributed by atoms with van der Waals surface area (Å²) in [6, 6.07) is 13.9. The fourth-order valence-corrected chi connectivity index (χ4v) is 4.08. The first-order valence-corrected chi connectivity index (χ1v) is 8.91. The fraction of sp³-hybridized carbons (Fsp3) is 0.350. The summed E-state index contributed by atoms with van der Waals surface area (Å²) in [7, 11) is 0. The van der Waals surface area contributed by atoms with E-state index in [4.69, 9.17) is 9.15 Å². The molecule has 3 saturated heterocycles. The molecule has 0 N–H and O–H groups in total. The maximum atomic E-state index is 12.8. The summed E-state index contributed by atoms with van der Waals surface area (Å²) in [6.07, 6.45) is 1.80. The molecule has 1 aromatic heterocycles. The second-order valence-corrected chi connectivity index (χ2v) is 6.87. The van der Waals surface area contributed by atoms with Crippen molar-refractivity contribution in [3.05, 3.63) is 42.5 Å². The van der Waals surface area contributed by atoms with Crippen molar-refractivity contribution in [3.63, 3.8) is 0 Å². The summed E-state index contributed by atoms with van der Waals surface area (Å²) in [5, 5.41) is 2.01. The second-order valence-electron chi connectivity index (χ2n) is 6.87. The van der Waals surface area contributed by atoms with E-state index in [1.165, 1.54) is 0 Å². The lowest BCUT2D eigenvalue weighted by Crippen LogP contribution is -2.43. The Morgan fingerprint density at radius 1 is 0.960 bits per heavy atom. The third-order valence-electron chi connectivity index (χ3n) is 5.45. The Hall–Kier alpha value is -2.53. The Morgan fingerprint density at radius 2 is 1.76 bits per heavy atom. The lowest BCUT2D eigenvalue weighted by molar-refractivity contribution is 0.131. The molecule has 0 atom stereocenters. The molecule has 5 nitrogen and oxygen atoms in total. The number of carbonyl (C=O) groups is 1. The zero-order chi connectivity index (χ0) is 16.8. The van der Waals surface area contributed by atoms with Crippen LogP contribution in [0.3, 0.4) is 0 Å². The first-order chi connectivity index (χ1) is 12.3. The highest BCUT2D eigenvalue weighted by Crippen LogP contribution is 2.35. The predicted molar refractivity (Wildman–Crippen MR) is 95.9 cm³/mol. The molecule has 3 aromatic rings. The number of furan rings is 1. The highest BCUT2D eigenvalue weighted by molar-refractivity contribution is 6.07. The minimum Gasteiger partial charge on any atom is -0.452 e. The van der Waals surface area contributed by atoms with Crippen molar-refractivity contribution in [1.82, 2.24) is 9.80 Å². The van der Waals surface area contributed by atoms with Gasteiger partial charge in [-0.1, -0.05) is 30.3 Å². The Labute approximate surface area is 145 Å². The Morgan fingerprint density at radius 3 is 2.64 bits per heavy atom. The minimum absolute atomic E-state index is 0.262. The number of carbonyl (C=O) groups excluding carboxylic acids is 1. The minimum atomic E-state index is -0.262. The van der Waals surface area contributed by atoms with E-state index in [-0.39, 0.29) is 6.09 Å². The maximum Gasteiger partial charge on any atom is 0.415 e. The lowest BCUT2D eigenvalue weighted by Gasteiger charge is -2.30. The smallest absolute Gasteiger partial charge is 0.415 e. The Balaban J connectivity index is 1.48. The van der Waals surface area contributed by atoms with Crippen LogP contribution in [-0.4, -0.2) is 48.1 Å². The van der Waals surface area contributed by atoms with Gasteiger partial charge in [-0.15, -0.1) is 0 Å². The normalized spacial score (nSPS) is 23.1. The van der Waals surface area contributed by atoms with Crippen molar-refractivity contribution in [2.75, 3.05) is 26.2 Å². The van der Waals surface area contributed by atoms with Gasteiger partial charge in [0.1, 0.15) is 5.58 Å². The van der Waals surface area contributed by atoms with Crippen molar-refractivity contribution in [3.8, 4) is 5.75 Å². The van der Waals surface area contributed by atoms with E-state index >= 15 is 0 Å². The van der Waals surface area contributed by atoms with E-state index in [2.05, 4.69) is 4.90 Å². The number of nitrogens with zero attached hydrogens (tertiary/aromatic N) is 2. The van der Waals surface area contributed by atoms with Crippen molar-refractivity contribution < 1.29 is 13.9 Å². The van der Waals surface area contributed by atoms with Crippen LogP contribution in [-0.2, 0) is 0 Å². The summed E-state index contributed by atoms with van der Waals surface area (Å²) < 4.78 is 11.7. The fourth-order valence-electron chi connectivity index (χ4n) is 4.08. The van der Waals surface area contributed by atoms with Gasteiger partial charge in [0.05, 0.1) is 0 Å². The average Bonchev–Trinajstić information content (AvgIpc) is 2.78. The summed E-state index contributed by atoms with van der Waals surface area (Å²) in [6.45, 7) is 3.82. The molecule has 0 aliphatic carbocycles. The zero-order valence-corrected chi connectivity index (χ0v) is 14.0. The van der Waals surface area contributed by atoms with Gasteiger partial charge >= 0.3 is 6.09 Å². The molecule has 128 valence electrons. The molecule has 4 heterocycles. The summed E-state index contributed by atoms with van der Waals surface area (Å²) in [5.41, 5.74) is 1.45. The molecule has 1 amide bonds. The van der Waals surface area contributed by atoms with Crippen LogP contribution < -0.4 is 4.74 Å².